The van der Waals surface area contributed by atoms with E-state index in [0.717, 1.165) is 21.5 Å². The van der Waals surface area contributed by atoms with Gasteiger partial charge in [0, 0.05) is 22.3 Å². The van der Waals surface area contributed by atoms with Crippen molar-refractivity contribution in [2.75, 3.05) is 0 Å². The molecule has 0 unspecified atom stereocenters. The highest BCUT2D eigenvalue weighted by Gasteiger charge is 2.21. The molecule has 4 N–H and O–H groups in total. The first-order valence-electron chi connectivity index (χ1n) is 8.21. The number of benzene rings is 4. The van der Waals surface area contributed by atoms with Crippen molar-refractivity contribution in [2.45, 2.75) is 0 Å². The average Bonchev–Trinajstić information content (AvgIpc) is 2.66. The van der Waals surface area contributed by atoms with Gasteiger partial charge in [-0.25, -0.2) is 0 Å². The predicted molar refractivity (Wildman–Crippen MR) is 104 cm³/mol. The summed E-state index contributed by atoms with van der Waals surface area (Å²) in [5, 5.41) is 3.61. The van der Waals surface area contributed by atoms with E-state index in [4.69, 9.17) is 11.5 Å². The Morgan fingerprint density at radius 1 is 0.538 bits per heavy atom. The van der Waals surface area contributed by atoms with Crippen molar-refractivity contribution in [3.63, 3.8) is 0 Å². The summed E-state index contributed by atoms with van der Waals surface area (Å²) in [6, 6.07) is 22.5. The van der Waals surface area contributed by atoms with Gasteiger partial charge < -0.3 is 11.5 Å². The van der Waals surface area contributed by atoms with Crippen molar-refractivity contribution >= 4 is 33.4 Å². The lowest BCUT2D eigenvalue weighted by Crippen LogP contribution is -2.16. The quantitative estimate of drug-likeness (QED) is 0.593. The third-order valence-electron chi connectivity index (χ3n) is 4.64. The van der Waals surface area contributed by atoms with Gasteiger partial charge in [0.15, 0.2) is 0 Å². The zero-order valence-electron chi connectivity index (χ0n) is 13.9. The Bertz CT molecular complexity index is 1100. The monoisotopic (exact) mass is 340 g/mol. The highest BCUT2D eigenvalue weighted by molar-refractivity contribution is 6.18. The summed E-state index contributed by atoms with van der Waals surface area (Å²) in [4.78, 5) is 24.3. The van der Waals surface area contributed by atoms with Gasteiger partial charge in [-0.15, -0.1) is 0 Å². The normalized spacial score (nSPS) is 10.9. The van der Waals surface area contributed by atoms with Crippen LogP contribution >= 0.6 is 0 Å². The number of rotatable bonds is 3. The van der Waals surface area contributed by atoms with E-state index < -0.39 is 11.8 Å². The zero-order valence-corrected chi connectivity index (χ0v) is 13.9. The fraction of sp³-hybridized carbons (Fsp3) is 0. The number of hydrogen-bond acceptors (Lipinski definition) is 2. The van der Waals surface area contributed by atoms with E-state index in [1.165, 1.54) is 0 Å². The highest BCUT2D eigenvalue weighted by Crippen LogP contribution is 2.38. The van der Waals surface area contributed by atoms with Crippen LogP contribution < -0.4 is 11.5 Å². The van der Waals surface area contributed by atoms with Crippen molar-refractivity contribution in [2.24, 2.45) is 11.5 Å². The summed E-state index contributed by atoms with van der Waals surface area (Å²) in [6.45, 7) is 0. The van der Waals surface area contributed by atoms with Gasteiger partial charge >= 0.3 is 0 Å². The Kier molecular flexibility index (Phi) is 3.66. The molecule has 126 valence electrons. The molecule has 0 aliphatic carbocycles. The van der Waals surface area contributed by atoms with E-state index in [1.54, 1.807) is 12.1 Å². The van der Waals surface area contributed by atoms with Crippen molar-refractivity contribution in [1.82, 2.24) is 0 Å². The van der Waals surface area contributed by atoms with E-state index in [2.05, 4.69) is 0 Å². The van der Waals surface area contributed by atoms with Crippen molar-refractivity contribution in [3.8, 4) is 11.1 Å². The summed E-state index contributed by atoms with van der Waals surface area (Å²) in [5.74, 6) is -1.09. The second-order valence-electron chi connectivity index (χ2n) is 6.15. The number of carbonyl (C=O) groups is 2. The van der Waals surface area contributed by atoms with Gasteiger partial charge in [-0.3, -0.25) is 9.59 Å². The van der Waals surface area contributed by atoms with Gasteiger partial charge in [-0.1, -0.05) is 60.7 Å². The first kappa shape index (κ1) is 15.8. The molecule has 4 aromatic carbocycles. The third kappa shape index (κ3) is 2.40. The molecule has 0 atom stereocenters. The van der Waals surface area contributed by atoms with Crippen LogP contribution in [-0.2, 0) is 0 Å². The SMILES string of the molecule is NC(=O)c1ccc2ccccc2c1-c1c(C(N)=O)ccc2ccccc12. The molecule has 26 heavy (non-hydrogen) atoms. The van der Waals surface area contributed by atoms with Crippen LogP contribution in [0.1, 0.15) is 20.7 Å². The minimum atomic E-state index is -0.547. The number of carbonyl (C=O) groups excluding carboxylic acids is 2. The van der Waals surface area contributed by atoms with E-state index in [-0.39, 0.29) is 0 Å². The Morgan fingerprint density at radius 2 is 0.923 bits per heavy atom. The molecule has 4 nitrogen and oxygen atoms in total. The van der Waals surface area contributed by atoms with Crippen LogP contribution in [0, 0.1) is 0 Å². The molecule has 2 amide bonds. The van der Waals surface area contributed by atoms with Crippen molar-refractivity contribution in [1.29, 1.82) is 0 Å². The van der Waals surface area contributed by atoms with E-state index in [0.29, 0.717) is 22.3 Å². The van der Waals surface area contributed by atoms with Crippen LogP contribution in [0.2, 0.25) is 0 Å². The standard InChI is InChI=1S/C22H16N2O2/c23-21(25)17-11-9-13-5-1-3-7-15(13)19(17)20-16-8-4-2-6-14(16)10-12-18(20)22(24)26/h1-12H,(H2,23,25)(H2,24,26). The van der Waals surface area contributed by atoms with Crippen LogP contribution in [0.5, 0.6) is 0 Å². The lowest BCUT2D eigenvalue weighted by molar-refractivity contribution is 0.0991. The maximum atomic E-state index is 12.2. The largest absolute Gasteiger partial charge is 0.366 e. The third-order valence-corrected chi connectivity index (χ3v) is 4.64. The molecule has 0 fully saturated rings. The lowest BCUT2D eigenvalue weighted by Gasteiger charge is -2.16. The molecule has 0 aromatic heterocycles. The second-order valence-corrected chi connectivity index (χ2v) is 6.15. The van der Waals surface area contributed by atoms with Crippen LogP contribution in [0.4, 0.5) is 0 Å². The molecular formula is C22H16N2O2. The molecule has 0 spiro atoms. The smallest absolute Gasteiger partial charge is 0.249 e. The van der Waals surface area contributed by atoms with Gasteiger partial charge in [-0.2, -0.15) is 0 Å². The van der Waals surface area contributed by atoms with Crippen LogP contribution in [0.15, 0.2) is 72.8 Å². The molecule has 0 bridgehead atoms. The van der Waals surface area contributed by atoms with Gasteiger partial charge in [0.2, 0.25) is 11.8 Å². The summed E-state index contributed by atoms with van der Waals surface area (Å²) in [5.41, 5.74) is 13.3. The van der Waals surface area contributed by atoms with Crippen molar-refractivity contribution in [3.05, 3.63) is 83.9 Å². The minimum absolute atomic E-state index is 0.363. The minimum Gasteiger partial charge on any atom is -0.366 e. The first-order chi connectivity index (χ1) is 12.6. The second kappa shape index (κ2) is 6.01. The molecule has 4 aromatic rings. The van der Waals surface area contributed by atoms with E-state index in [9.17, 15) is 9.59 Å². The first-order valence-corrected chi connectivity index (χ1v) is 8.21. The molecule has 4 rings (SSSR count). The Balaban J connectivity index is 2.27. The summed E-state index contributed by atoms with van der Waals surface area (Å²) in [7, 11) is 0. The number of amides is 2. The topological polar surface area (TPSA) is 86.2 Å². The molecule has 0 saturated heterocycles. The predicted octanol–water partition coefficient (Wildman–Crippen LogP) is 3.86. The Labute approximate surface area is 150 Å². The highest BCUT2D eigenvalue weighted by atomic mass is 16.1. The maximum absolute atomic E-state index is 12.2. The number of primary amides is 2. The molecule has 0 saturated carbocycles. The van der Waals surface area contributed by atoms with Gasteiger partial charge in [0.05, 0.1) is 0 Å². The van der Waals surface area contributed by atoms with Crippen molar-refractivity contribution < 1.29 is 9.59 Å². The Morgan fingerprint density at radius 3 is 1.31 bits per heavy atom. The van der Waals surface area contributed by atoms with Crippen LogP contribution in [0.25, 0.3) is 32.7 Å². The number of hydrogen-bond donors (Lipinski definition) is 2. The number of nitrogens with two attached hydrogens (primary N) is 2. The molecular weight excluding hydrogens is 324 g/mol. The molecule has 4 heteroatoms. The fourth-order valence-corrected chi connectivity index (χ4v) is 3.49. The summed E-state index contributed by atoms with van der Waals surface area (Å²) in [6.07, 6.45) is 0. The average molecular weight is 340 g/mol. The summed E-state index contributed by atoms with van der Waals surface area (Å²) >= 11 is 0. The van der Waals surface area contributed by atoms with Crippen LogP contribution in [-0.4, -0.2) is 11.8 Å². The van der Waals surface area contributed by atoms with Gasteiger partial charge in [-0.05, 0) is 33.7 Å². The van der Waals surface area contributed by atoms with Gasteiger partial charge in [0.1, 0.15) is 0 Å². The summed E-state index contributed by atoms with van der Waals surface area (Å²) < 4.78 is 0. The fourth-order valence-electron chi connectivity index (χ4n) is 3.49. The lowest BCUT2D eigenvalue weighted by atomic mass is 9.86. The van der Waals surface area contributed by atoms with Crippen LogP contribution in [0.3, 0.4) is 0 Å². The molecule has 0 aliphatic heterocycles. The molecule has 0 radical (unpaired) electrons. The molecule has 0 heterocycles. The van der Waals surface area contributed by atoms with Gasteiger partial charge in [0.25, 0.3) is 0 Å². The number of fused-ring (bicyclic) bond motifs is 2. The Hall–Kier alpha value is -3.66. The molecule has 0 aliphatic rings. The van der Waals surface area contributed by atoms with E-state index in [1.807, 2.05) is 60.7 Å². The van der Waals surface area contributed by atoms with E-state index >= 15 is 0 Å². The maximum Gasteiger partial charge on any atom is 0.249 e. The zero-order chi connectivity index (χ0) is 18.3.